The van der Waals surface area contributed by atoms with Crippen molar-refractivity contribution >= 4 is 11.8 Å². The lowest BCUT2D eigenvalue weighted by molar-refractivity contribution is -0.133. The number of ether oxygens (including phenoxy) is 2. The molecule has 0 spiro atoms. The van der Waals surface area contributed by atoms with Crippen LogP contribution in [-0.2, 0) is 4.79 Å². The van der Waals surface area contributed by atoms with Crippen molar-refractivity contribution in [1.82, 2.24) is 15.5 Å². The summed E-state index contributed by atoms with van der Waals surface area (Å²) in [5.74, 6) is 1.00. The summed E-state index contributed by atoms with van der Waals surface area (Å²) in [7, 11) is 3.19. The first-order valence-corrected chi connectivity index (χ1v) is 9.19. The molecule has 0 bridgehead atoms. The Hall–Kier alpha value is -3.06. The largest absolute Gasteiger partial charge is 0.497 e. The molecule has 1 atom stereocenters. The van der Waals surface area contributed by atoms with Crippen molar-refractivity contribution in [2.45, 2.75) is 6.04 Å². The summed E-state index contributed by atoms with van der Waals surface area (Å²) in [6, 6.07) is 14.3. The molecule has 7 nitrogen and oxygen atoms in total. The third-order valence-electron chi connectivity index (χ3n) is 4.81. The van der Waals surface area contributed by atoms with Gasteiger partial charge in [0.1, 0.15) is 11.5 Å². The van der Waals surface area contributed by atoms with Crippen molar-refractivity contribution < 1.29 is 19.1 Å². The van der Waals surface area contributed by atoms with E-state index in [9.17, 15) is 9.59 Å². The molecule has 7 heteroatoms. The number of hydrogen-bond acceptors (Lipinski definition) is 5. The van der Waals surface area contributed by atoms with Crippen LogP contribution < -0.4 is 20.1 Å². The molecule has 0 aromatic heterocycles. The Bertz CT molecular complexity index is 823. The van der Waals surface area contributed by atoms with Crippen molar-refractivity contribution in [1.29, 1.82) is 0 Å². The number of methoxy groups -OCH3 is 2. The van der Waals surface area contributed by atoms with Gasteiger partial charge in [-0.3, -0.25) is 9.59 Å². The van der Waals surface area contributed by atoms with Crippen LogP contribution in [-0.4, -0.2) is 57.1 Å². The quantitative estimate of drug-likeness (QED) is 0.792. The van der Waals surface area contributed by atoms with Crippen molar-refractivity contribution in [2.24, 2.45) is 0 Å². The summed E-state index contributed by atoms with van der Waals surface area (Å²) in [5, 5.41) is 6.03. The topological polar surface area (TPSA) is 79.9 Å². The Kier molecular flexibility index (Phi) is 6.49. The molecule has 2 amide bonds. The molecule has 1 heterocycles. The van der Waals surface area contributed by atoms with Crippen molar-refractivity contribution in [3.63, 3.8) is 0 Å². The Balaban J connectivity index is 1.66. The third-order valence-corrected chi connectivity index (χ3v) is 4.81. The van der Waals surface area contributed by atoms with Crippen LogP contribution in [0.3, 0.4) is 0 Å². The van der Waals surface area contributed by atoms with Crippen molar-refractivity contribution in [2.75, 3.05) is 40.4 Å². The van der Waals surface area contributed by atoms with Gasteiger partial charge in [0.25, 0.3) is 5.91 Å². The Morgan fingerprint density at radius 1 is 1.11 bits per heavy atom. The smallest absolute Gasteiger partial charge is 0.251 e. The van der Waals surface area contributed by atoms with Crippen LogP contribution in [0, 0.1) is 0 Å². The Labute approximate surface area is 164 Å². The van der Waals surface area contributed by atoms with E-state index in [1.165, 1.54) is 0 Å². The van der Waals surface area contributed by atoms with Crippen molar-refractivity contribution in [3.05, 3.63) is 59.7 Å². The highest BCUT2D eigenvalue weighted by Crippen LogP contribution is 2.30. The molecule has 1 aliphatic rings. The number of para-hydroxylation sites is 1. The van der Waals surface area contributed by atoms with Gasteiger partial charge in [0.2, 0.25) is 5.91 Å². The van der Waals surface area contributed by atoms with E-state index in [4.69, 9.17) is 9.47 Å². The fourth-order valence-electron chi connectivity index (χ4n) is 3.32. The second kappa shape index (κ2) is 9.23. The van der Waals surface area contributed by atoms with Gasteiger partial charge in [-0.2, -0.15) is 0 Å². The minimum absolute atomic E-state index is 0.0590. The van der Waals surface area contributed by atoms with Crippen LogP contribution >= 0.6 is 0 Å². The Morgan fingerprint density at radius 2 is 1.86 bits per heavy atom. The average Bonchev–Trinajstić information content (AvgIpc) is 2.77. The zero-order valence-electron chi connectivity index (χ0n) is 16.1. The lowest BCUT2D eigenvalue weighted by Crippen LogP contribution is -2.51. The molecular formula is C21H25N3O4. The number of hydrogen-bond donors (Lipinski definition) is 2. The molecule has 148 valence electrons. The minimum Gasteiger partial charge on any atom is -0.497 e. The number of carbonyl (C=O) groups is 2. The van der Waals surface area contributed by atoms with Gasteiger partial charge in [-0.1, -0.05) is 18.2 Å². The molecule has 0 aliphatic carbocycles. The van der Waals surface area contributed by atoms with E-state index in [0.29, 0.717) is 30.9 Å². The molecule has 2 aromatic carbocycles. The van der Waals surface area contributed by atoms with Gasteiger partial charge in [-0.15, -0.1) is 0 Å². The highest BCUT2D eigenvalue weighted by molar-refractivity contribution is 5.96. The second-order valence-electron chi connectivity index (χ2n) is 6.46. The molecule has 3 rings (SSSR count). The normalized spacial score (nSPS) is 16.4. The summed E-state index contributed by atoms with van der Waals surface area (Å²) < 4.78 is 10.5. The van der Waals surface area contributed by atoms with Gasteiger partial charge in [0.15, 0.2) is 0 Å². The van der Waals surface area contributed by atoms with Crippen LogP contribution in [0.1, 0.15) is 22.0 Å². The Morgan fingerprint density at radius 3 is 2.57 bits per heavy atom. The van der Waals surface area contributed by atoms with Gasteiger partial charge in [-0.05, 0) is 30.3 Å². The van der Waals surface area contributed by atoms with Gasteiger partial charge in [-0.25, -0.2) is 0 Å². The van der Waals surface area contributed by atoms with E-state index in [1.54, 1.807) is 43.4 Å². The van der Waals surface area contributed by atoms with E-state index in [0.717, 1.165) is 11.3 Å². The molecule has 1 saturated heterocycles. The lowest BCUT2D eigenvalue weighted by Gasteiger charge is -2.37. The van der Waals surface area contributed by atoms with Gasteiger partial charge < -0.3 is 25.0 Å². The predicted molar refractivity (Wildman–Crippen MR) is 106 cm³/mol. The highest BCUT2D eigenvalue weighted by Gasteiger charge is 2.29. The first kappa shape index (κ1) is 19.7. The first-order chi connectivity index (χ1) is 13.6. The van der Waals surface area contributed by atoms with E-state index in [1.807, 2.05) is 24.3 Å². The highest BCUT2D eigenvalue weighted by atomic mass is 16.5. The summed E-state index contributed by atoms with van der Waals surface area (Å²) in [5.41, 5.74) is 1.43. The number of benzene rings is 2. The lowest BCUT2D eigenvalue weighted by atomic mass is 10.0. The number of rotatable bonds is 6. The zero-order chi connectivity index (χ0) is 19.9. The third kappa shape index (κ3) is 4.43. The standard InChI is InChI=1S/C21H25N3O4/c1-27-16-9-7-15(8-10-16)21(26)23-14-20(25)24-12-11-22-13-18(24)17-5-3-4-6-19(17)28-2/h3-10,18,22H,11-14H2,1-2H3,(H,23,26). The number of carbonyl (C=O) groups excluding carboxylic acids is 2. The van der Waals surface area contributed by atoms with Crippen LogP contribution in [0.25, 0.3) is 0 Å². The van der Waals surface area contributed by atoms with Crippen LogP contribution in [0.4, 0.5) is 0 Å². The average molecular weight is 383 g/mol. The number of nitrogens with one attached hydrogen (secondary N) is 2. The molecule has 0 saturated carbocycles. The van der Waals surface area contributed by atoms with Crippen molar-refractivity contribution in [3.8, 4) is 11.5 Å². The molecular weight excluding hydrogens is 358 g/mol. The summed E-state index contributed by atoms with van der Waals surface area (Å²) in [4.78, 5) is 27.0. The first-order valence-electron chi connectivity index (χ1n) is 9.19. The SMILES string of the molecule is COc1ccc(C(=O)NCC(=O)N2CCNCC2c2ccccc2OC)cc1. The second-order valence-corrected chi connectivity index (χ2v) is 6.46. The number of nitrogens with zero attached hydrogens (tertiary/aromatic N) is 1. The fraction of sp³-hybridized carbons (Fsp3) is 0.333. The van der Waals surface area contributed by atoms with Gasteiger partial charge in [0, 0.05) is 30.8 Å². The van der Waals surface area contributed by atoms with Gasteiger partial charge >= 0.3 is 0 Å². The van der Waals surface area contributed by atoms with Crippen LogP contribution in [0.5, 0.6) is 11.5 Å². The molecule has 1 unspecified atom stereocenters. The molecule has 1 fully saturated rings. The predicted octanol–water partition coefficient (Wildman–Crippen LogP) is 1.61. The van der Waals surface area contributed by atoms with E-state index >= 15 is 0 Å². The molecule has 0 radical (unpaired) electrons. The summed E-state index contributed by atoms with van der Waals surface area (Å²) in [6.07, 6.45) is 0. The summed E-state index contributed by atoms with van der Waals surface area (Å²) >= 11 is 0. The summed E-state index contributed by atoms with van der Waals surface area (Å²) in [6.45, 7) is 1.86. The number of piperazine rings is 1. The molecule has 1 aliphatic heterocycles. The maximum atomic E-state index is 12.8. The maximum Gasteiger partial charge on any atom is 0.251 e. The molecule has 28 heavy (non-hydrogen) atoms. The maximum absolute atomic E-state index is 12.8. The van der Waals surface area contributed by atoms with E-state index in [-0.39, 0.29) is 24.4 Å². The van der Waals surface area contributed by atoms with E-state index in [2.05, 4.69) is 10.6 Å². The van der Waals surface area contributed by atoms with E-state index < -0.39 is 0 Å². The molecule has 2 aromatic rings. The minimum atomic E-state index is -0.292. The zero-order valence-corrected chi connectivity index (χ0v) is 16.1. The monoisotopic (exact) mass is 383 g/mol. The van der Waals surface area contributed by atoms with Crippen LogP contribution in [0.2, 0.25) is 0 Å². The molecule has 2 N–H and O–H groups in total. The van der Waals surface area contributed by atoms with Gasteiger partial charge in [0.05, 0.1) is 26.8 Å². The number of amides is 2. The van der Waals surface area contributed by atoms with Crippen LogP contribution in [0.15, 0.2) is 48.5 Å². The fourth-order valence-corrected chi connectivity index (χ4v) is 3.32.